The van der Waals surface area contributed by atoms with E-state index < -0.39 is 12.1 Å². The van der Waals surface area contributed by atoms with Gasteiger partial charge in [0.15, 0.2) is 0 Å². The highest BCUT2D eigenvalue weighted by Crippen LogP contribution is 2.16. The zero-order chi connectivity index (χ0) is 9.84. The first-order valence-corrected chi connectivity index (χ1v) is 4.69. The van der Waals surface area contributed by atoms with Gasteiger partial charge in [-0.25, -0.2) is 0 Å². The molecule has 0 saturated carbocycles. The first kappa shape index (κ1) is 10.6. The number of nitrogens with one attached hydrogen (secondary N) is 1. The Morgan fingerprint density at radius 2 is 2.54 bits per heavy atom. The average molecular weight is 202 g/mol. The maximum Gasteiger partial charge on any atom is 0.145 e. The number of hydrogen-bond donors (Lipinski definition) is 2. The summed E-state index contributed by atoms with van der Waals surface area (Å²) in [5.74, 6) is 0. The van der Waals surface area contributed by atoms with Gasteiger partial charge in [-0.2, -0.15) is 0 Å². The smallest absolute Gasteiger partial charge is 0.145 e. The molecule has 1 rings (SSSR count). The largest absolute Gasteiger partial charge is 0.390 e. The third kappa shape index (κ3) is 2.24. The van der Waals surface area contributed by atoms with E-state index >= 15 is 0 Å². The SMILES string of the molecule is CNCC(=S)N1CCC(O)C1C=O. The van der Waals surface area contributed by atoms with Gasteiger partial charge in [0.2, 0.25) is 0 Å². The lowest BCUT2D eigenvalue weighted by Gasteiger charge is -2.23. The maximum absolute atomic E-state index is 10.7. The van der Waals surface area contributed by atoms with Gasteiger partial charge >= 0.3 is 0 Å². The Morgan fingerprint density at radius 3 is 3.08 bits per heavy atom. The van der Waals surface area contributed by atoms with E-state index in [4.69, 9.17) is 12.2 Å². The number of likely N-dealkylation sites (N-methyl/N-ethyl adjacent to an activating group) is 1. The molecule has 0 radical (unpaired) electrons. The zero-order valence-corrected chi connectivity index (χ0v) is 8.38. The van der Waals surface area contributed by atoms with Crippen molar-refractivity contribution in [2.75, 3.05) is 20.1 Å². The molecule has 2 N–H and O–H groups in total. The van der Waals surface area contributed by atoms with Gasteiger partial charge < -0.3 is 20.1 Å². The number of carbonyl (C=O) groups excluding carboxylic acids is 1. The van der Waals surface area contributed by atoms with E-state index in [0.29, 0.717) is 24.5 Å². The molecule has 1 heterocycles. The summed E-state index contributed by atoms with van der Waals surface area (Å²) in [7, 11) is 1.80. The zero-order valence-electron chi connectivity index (χ0n) is 7.56. The van der Waals surface area contributed by atoms with Gasteiger partial charge in [0.1, 0.15) is 12.3 Å². The first-order chi connectivity index (χ1) is 6.20. The van der Waals surface area contributed by atoms with Crippen LogP contribution in [0.4, 0.5) is 0 Å². The van der Waals surface area contributed by atoms with Crippen LogP contribution in [0.25, 0.3) is 0 Å². The first-order valence-electron chi connectivity index (χ1n) is 4.28. The molecule has 5 heteroatoms. The summed E-state index contributed by atoms with van der Waals surface area (Å²) in [6.45, 7) is 1.25. The van der Waals surface area contributed by atoms with Crippen LogP contribution in [0.1, 0.15) is 6.42 Å². The molecule has 0 aromatic carbocycles. The minimum atomic E-state index is -0.563. The number of carbonyl (C=O) groups is 1. The van der Waals surface area contributed by atoms with Crippen LogP contribution in [0.5, 0.6) is 0 Å². The van der Waals surface area contributed by atoms with Crippen LogP contribution in [0.2, 0.25) is 0 Å². The highest BCUT2D eigenvalue weighted by atomic mass is 32.1. The molecule has 1 saturated heterocycles. The van der Waals surface area contributed by atoms with Crippen molar-refractivity contribution in [2.24, 2.45) is 0 Å². The third-order valence-electron chi connectivity index (χ3n) is 2.21. The molecule has 0 amide bonds. The monoisotopic (exact) mass is 202 g/mol. The van der Waals surface area contributed by atoms with Crippen molar-refractivity contribution in [1.82, 2.24) is 10.2 Å². The van der Waals surface area contributed by atoms with E-state index in [9.17, 15) is 9.90 Å². The van der Waals surface area contributed by atoms with Gasteiger partial charge in [0.25, 0.3) is 0 Å². The number of nitrogens with zero attached hydrogens (tertiary/aromatic N) is 1. The summed E-state index contributed by atoms with van der Waals surface area (Å²) in [4.78, 5) is 13.1. The fourth-order valence-corrected chi connectivity index (χ4v) is 1.86. The molecule has 0 spiro atoms. The van der Waals surface area contributed by atoms with Crippen LogP contribution in [0, 0.1) is 0 Å². The molecular weight excluding hydrogens is 188 g/mol. The van der Waals surface area contributed by atoms with Crippen molar-refractivity contribution in [3.05, 3.63) is 0 Å². The Balaban J connectivity index is 2.59. The molecule has 1 fully saturated rings. The molecule has 2 unspecified atom stereocenters. The van der Waals surface area contributed by atoms with Gasteiger partial charge in [0.05, 0.1) is 11.1 Å². The quantitative estimate of drug-likeness (QED) is 0.462. The second-order valence-corrected chi connectivity index (χ2v) is 3.57. The second-order valence-electron chi connectivity index (χ2n) is 3.10. The molecule has 0 bridgehead atoms. The molecule has 1 aliphatic heterocycles. The van der Waals surface area contributed by atoms with Crippen molar-refractivity contribution in [3.8, 4) is 0 Å². The summed E-state index contributed by atoms with van der Waals surface area (Å²) in [5.41, 5.74) is 0. The van der Waals surface area contributed by atoms with E-state index in [1.807, 2.05) is 0 Å². The van der Waals surface area contributed by atoms with E-state index in [-0.39, 0.29) is 0 Å². The molecule has 1 aliphatic rings. The predicted octanol–water partition coefficient (Wildman–Crippen LogP) is -0.833. The maximum atomic E-state index is 10.7. The predicted molar refractivity (Wildman–Crippen MR) is 53.7 cm³/mol. The van der Waals surface area contributed by atoms with Crippen molar-refractivity contribution in [1.29, 1.82) is 0 Å². The number of aldehydes is 1. The highest BCUT2D eigenvalue weighted by Gasteiger charge is 2.33. The number of aliphatic hydroxyl groups is 1. The van der Waals surface area contributed by atoms with E-state index in [2.05, 4.69) is 5.32 Å². The average Bonchev–Trinajstić information content (AvgIpc) is 2.47. The summed E-state index contributed by atoms with van der Waals surface area (Å²) in [6.07, 6.45) is 0.819. The van der Waals surface area contributed by atoms with Crippen molar-refractivity contribution < 1.29 is 9.90 Å². The van der Waals surface area contributed by atoms with Gasteiger partial charge in [-0.3, -0.25) is 0 Å². The molecular formula is C8H14N2O2S. The minimum Gasteiger partial charge on any atom is -0.390 e. The highest BCUT2D eigenvalue weighted by molar-refractivity contribution is 7.80. The van der Waals surface area contributed by atoms with Crippen LogP contribution in [0.3, 0.4) is 0 Å². The Kier molecular flexibility index (Phi) is 3.77. The molecule has 13 heavy (non-hydrogen) atoms. The van der Waals surface area contributed by atoms with Crippen molar-refractivity contribution in [2.45, 2.75) is 18.6 Å². The standard InChI is InChI=1S/C8H14N2O2S/c1-9-4-8(13)10-3-2-7(12)6(10)5-11/h5-7,9,12H,2-4H2,1H3. The normalized spacial score (nSPS) is 27.7. The lowest BCUT2D eigenvalue weighted by molar-refractivity contribution is -0.112. The van der Waals surface area contributed by atoms with Gasteiger partial charge in [-0.15, -0.1) is 0 Å². The Morgan fingerprint density at radius 1 is 1.85 bits per heavy atom. The molecule has 2 atom stereocenters. The molecule has 4 nitrogen and oxygen atoms in total. The van der Waals surface area contributed by atoms with Gasteiger partial charge in [-0.05, 0) is 13.5 Å². The number of aliphatic hydroxyl groups excluding tert-OH is 1. The Bertz CT molecular complexity index is 210. The summed E-state index contributed by atoms with van der Waals surface area (Å²) >= 11 is 5.10. The number of thiocarbonyl (C=S) groups is 1. The molecule has 0 aromatic rings. The van der Waals surface area contributed by atoms with Gasteiger partial charge in [0, 0.05) is 13.1 Å². The summed E-state index contributed by atoms with van der Waals surface area (Å²) in [6, 6.07) is -0.444. The van der Waals surface area contributed by atoms with E-state index in [1.165, 1.54) is 0 Å². The fraction of sp³-hybridized carbons (Fsp3) is 0.750. The van der Waals surface area contributed by atoms with Crippen LogP contribution in [-0.4, -0.2) is 53.6 Å². The summed E-state index contributed by atoms with van der Waals surface area (Å²) < 4.78 is 0. The minimum absolute atomic E-state index is 0.444. The molecule has 74 valence electrons. The molecule has 0 aromatic heterocycles. The van der Waals surface area contributed by atoms with Crippen LogP contribution >= 0.6 is 12.2 Å². The van der Waals surface area contributed by atoms with Crippen molar-refractivity contribution >= 4 is 23.5 Å². The Hall–Kier alpha value is -0.520. The third-order valence-corrected chi connectivity index (χ3v) is 2.59. The van der Waals surface area contributed by atoms with Gasteiger partial charge in [-0.1, -0.05) is 12.2 Å². The van der Waals surface area contributed by atoms with E-state index in [0.717, 1.165) is 6.29 Å². The van der Waals surface area contributed by atoms with Crippen LogP contribution in [-0.2, 0) is 4.79 Å². The van der Waals surface area contributed by atoms with Crippen LogP contribution in [0.15, 0.2) is 0 Å². The topological polar surface area (TPSA) is 52.6 Å². The van der Waals surface area contributed by atoms with E-state index in [1.54, 1.807) is 11.9 Å². The second kappa shape index (κ2) is 4.64. The van der Waals surface area contributed by atoms with Crippen LogP contribution < -0.4 is 5.32 Å². The molecule has 0 aliphatic carbocycles. The lowest BCUT2D eigenvalue weighted by Crippen LogP contribution is -2.43. The number of hydrogen-bond acceptors (Lipinski definition) is 4. The van der Waals surface area contributed by atoms with Crippen molar-refractivity contribution in [3.63, 3.8) is 0 Å². The lowest BCUT2D eigenvalue weighted by atomic mass is 10.2. The Labute approximate surface area is 82.9 Å². The summed E-state index contributed by atoms with van der Waals surface area (Å²) in [5, 5.41) is 12.3. The number of rotatable bonds is 3. The fourth-order valence-electron chi connectivity index (χ4n) is 1.51. The number of likely N-dealkylation sites (tertiary alicyclic amines) is 1.